The standard InChI is InChI=1S/C20H25N3O2S2/c1-27(24,25)18(16-6-3-2-4-7-16)9-12-20(10-5-13-23-20)11-8-17(26)19-21-14-15-22-19/h2-7,10,13-15,17-18,26H,8-9,11-12H2,1H3,(H,21,22). The van der Waals surface area contributed by atoms with Gasteiger partial charge in [-0.15, -0.1) is 0 Å². The van der Waals surface area contributed by atoms with E-state index in [0.29, 0.717) is 12.8 Å². The Bertz CT molecular complexity index is 879. The highest BCUT2D eigenvalue weighted by Crippen LogP contribution is 2.37. The molecule has 0 aliphatic carbocycles. The number of thiol groups is 1. The SMILES string of the molecule is CS(=O)(=O)C(CCC1(CCC(S)c2ncc[nH]2)C=CC=N1)c1ccccc1. The summed E-state index contributed by atoms with van der Waals surface area (Å²) >= 11 is 4.64. The molecule has 3 atom stereocenters. The highest BCUT2D eigenvalue weighted by atomic mass is 32.2. The minimum absolute atomic E-state index is 0.000836. The molecule has 0 fully saturated rings. The molecule has 0 spiro atoms. The molecule has 1 aromatic heterocycles. The normalized spacial score (nSPS) is 21.4. The lowest BCUT2D eigenvalue weighted by Crippen LogP contribution is -2.25. The molecule has 1 aliphatic rings. The lowest BCUT2D eigenvalue weighted by atomic mass is 9.87. The summed E-state index contributed by atoms with van der Waals surface area (Å²) in [7, 11) is -3.21. The van der Waals surface area contributed by atoms with E-state index >= 15 is 0 Å². The molecule has 27 heavy (non-hydrogen) atoms. The van der Waals surface area contributed by atoms with Crippen LogP contribution < -0.4 is 0 Å². The molecule has 144 valence electrons. The number of allylic oxidation sites excluding steroid dienone is 1. The van der Waals surface area contributed by atoms with Gasteiger partial charge in [0.05, 0.1) is 16.0 Å². The van der Waals surface area contributed by atoms with Crippen LogP contribution in [-0.2, 0) is 9.84 Å². The molecule has 1 aliphatic heterocycles. The molecule has 3 unspecified atom stereocenters. The van der Waals surface area contributed by atoms with Gasteiger partial charge in [0, 0.05) is 24.9 Å². The highest BCUT2D eigenvalue weighted by Gasteiger charge is 2.32. The predicted molar refractivity (Wildman–Crippen MR) is 113 cm³/mol. The first kappa shape index (κ1) is 19.9. The molecule has 7 heteroatoms. The van der Waals surface area contributed by atoms with E-state index in [2.05, 4.69) is 33.7 Å². The summed E-state index contributed by atoms with van der Waals surface area (Å²) in [6.07, 6.45) is 13.4. The van der Waals surface area contributed by atoms with Gasteiger partial charge < -0.3 is 4.98 Å². The maximum atomic E-state index is 12.4. The Kier molecular flexibility index (Phi) is 6.22. The molecule has 1 N–H and O–H groups in total. The number of nitrogens with one attached hydrogen (secondary N) is 1. The molecule has 0 bridgehead atoms. The third-order valence-electron chi connectivity index (χ3n) is 5.04. The number of imidazole rings is 1. The molecule has 1 aromatic carbocycles. The van der Waals surface area contributed by atoms with Gasteiger partial charge in [0.25, 0.3) is 0 Å². The van der Waals surface area contributed by atoms with Gasteiger partial charge in [-0.05, 0) is 37.3 Å². The van der Waals surface area contributed by atoms with Gasteiger partial charge in [0.1, 0.15) is 5.82 Å². The van der Waals surface area contributed by atoms with Crippen LogP contribution in [0.5, 0.6) is 0 Å². The van der Waals surface area contributed by atoms with Crippen LogP contribution in [0.1, 0.15) is 47.6 Å². The summed E-state index contributed by atoms with van der Waals surface area (Å²) in [4.78, 5) is 12.0. The smallest absolute Gasteiger partial charge is 0.154 e. The van der Waals surface area contributed by atoms with Crippen LogP contribution in [0.25, 0.3) is 0 Å². The fourth-order valence-corrected chi connectivity index (χ4v) is 5.01. The first-order valence-corrected chi connectivity index (χ1v) is 11.5. The van der Waals surface area contributed by atoms with Crippen molar-refractivity contribution >= 4 is 28.7 Å². The second-order valence-corrected chi connectivity index (χ2v) is 9.89. The average Bonchev–Trinajstić information content (AvgIpc) is 3.32. The molecule has 0 saturated heterocycles. The van der Waals surface area contributed by atoms with Gasteiger partial charge in [0.2, 0.25) is 0 Å². The number of rotatable bonds is 9. The fraction of sp³-hybridized carbons (Fsp3) is 0.400. The van der Waals surface area contributed by atoms with Crippen LogP contribution in [0.3, 0.4) is 0 Å². The summed E-state index contributed by atoms with van der Waals surface area (Å²) in [5.74, 6) is 0.845. The minimum Gasteiger partial charge on any atom is -0.348 e. The molecule has 2 heterocycles. The van der Waals surface area contributed by atoms with E-state index in [0.717, 1.165) is 24.2 Å². The Labute approximate surface area is 166 Å². The first-order chi connectivity index (χ1) is 12.9. The zero-order valence-corrected chi connectivity index (χ0v) is 17.0. The number of sulfone groups is 1. The minimum atomic E-state index is -3.21. The van der Waals surface area contributed by atoms with Gasteiger partial charge in [-0.1, -0.05) is 36.4 Å². The lowest BCUT2D eigenvalue weighted by Gasteiger charge is -2.27. The zero-order valence-electron chi connectivity index (χ0n) is 15.3. The molecule has 5 nitrogen and oxygen atoms in total. The molecular weight excluding hydrogens is 378 g/mol. The van der Waals surface area contributed by atoms with Crippen molar-refractivity contribution in [1.82, 2.24) is 9.97 Å². The van der Waals surface area contributed by atoms with E-state index in [1.165, 1.54) is 6.26 Å². The molecule has 0 saturated carbocycles. The Balaban J connectivity index is 1.70. The number of aromatic nitrogens is 2. The van der Waals surface area contributed by atoms with E-state index in [1.807, 2.05) is 36.4 Å². The number of hydrogen-bond acceptors (Lipinski definition) is 5. The van der Waals surface area contributed by atoms with Crippen molar-refractivity contribution in [3.05, 3.63) is 66.3 Å². The molecule has 0 radical (unpaired) electrons. The number of H-pyrrole nitrogens is 1. The van der Waals surface area contributed by atoms with Crippen molar-refractivity contribution in [3.8, 4) is 0 Å². The van der Waals surface area contributed by atoms with Gasteiger partial charge >= 0.3 is 0 Å². The van der Waals surface area contributed by atoms with E-state index in [9.17, 15) is 8.42 Å². The second-order valence-electron chi connectivity index (χ2n) is 7.04. The lowest BCUT2D eigenvalue weighted by molar-refractivity contribution is 0.424. The topological polar surface area (TPSA) is 75.2 Å². The summed E-state index contributed by atoms with van der Waals surface area (Å²) in [5, 5.41) is -0.516. The zero-order chi connectivity index (χ0) is 19.3. The van der Waals surface area contributed by atoms with E-state index < -0.39 is 15.1 Å². The van der Waals surface area contributed by atoms with Crippen LogP contribution in [0, 0.1) is 0 Å². The van der Waals surface area contributed by atoms with Crippen LogP contribution in [0.4, 0.5) is 0 Å². The van der Waals surface area contributed by atoms with Crippen molar-refractivity contribution in [2.24, 2.45) is 4.99 Å². The summed E-state index contributed by atoms with van der Waals surface area (Å²) < 4.78 is 24.8. The Morgan fingerprint density at radius 3 is 2.52 bits per heavy atom. The van der Waals surface area contributed by atoms with Crippen molar-refractivity contribution in [2.45, 2.75) is 41.7 Å². The van der Waals surface area contributed by atoms with Crippen molar-refractivity contribution < 1.29 is 8.42 Å². The summed E-state index contributed by atoms with van der Waals surface area (Å²) in [5.41, 5.74) is 0.467. The Hall–Kier alpha value is -1.86. The monoisotopic (exact) mass is 403 g/mol. The number of nitrogens with zero attached hydrogens (tertiary/aromatic N) is 2. The summed E-state index contributed by atoms with van der Waals surface area (Å²) in [6.45, 7) is 0. The molecule has 2 aromatic rings. The van der Waals surface area contributed by atoms with Crippen LogP contribution >= 0.6 is 12.6 Å². The molecular formula is C20H25N3O2S2. The van der Waals surface area contributed by atoms with E-state index in [4.69, 9.17) is 0 Å². The third kappa shape index (κ3) is 5.11. The molecule has 3 rings (SSSR count). The van der Waals surface area contributed by atoms with Crippen LogP contribution in [-0.4, -0.2) is 36.4 Å². The van der Waals surface area contributed by atoms with Gasteiger partial charge in [0.15, 0.2) is 9.84 Å². The Morgan fingerprint density at radius 1 is 1.19 bits per heavy atom. The van der Waals surface area contributed by atoms with Gasteiger partial charge in [-0.2, -0.15) is 12.6 Å². The quantitative estimate of drug-likeness (QED) is 0.619. The maximum Gasteiger partial charge on any atom is 0.154 e. The number of aliphatic imine (C=N–C) groups is 1. The third-order valence-corrected chi connectivity index (χ3v) is 7.08. The van der Waals surface area contributed by atoms with Crippen LogP contribution in [0.15, 0.2) is 59.9 Å². The average molecular weight is 404 g/mol. The fourth-order valence-electron chi connectivity index (χ4n) is 3.54. The van der Waals surface area contributed by atoms with Gasteiger partial charge in [-0.25, -0.2) is 13.4 Å². The largest absolute Gasteiger partial charge is 0.348 e. The number of benzene rings is 1. The number of aromatic amines is 1. The number of hydrogen-bond donors (Lipinski definition) is 2. The van der Waals surface area contributed by atoms with Crippen LogP contribution in [0.2, 0.25) is 0 Å². The molecule has 0 amide bonds. The van der Waals surface area contributed by atoms with Crippen molar-refractivity contribution in [3.63, 3.8) is 0 Å². The second kappa shape index (κ2) is 8.44. The van der Waals surface area contributed by atoms with Crippen molar-refractivity contribution in [1.29, 1.82) is 0 Å². The van der Waals surface area contributed by atoms with Crippen molar-refractivity contribution in [2.75, 3.05) is 6.26 Å². The van der Waals surface area contributed by atoms with E-state index in [-0.39, 0.29) is 10.8 Å². The predicted octanol–water partition coefficient (Wildman–Crippen LogP) is 4.11. The first-order valence-electron chi connectivity index (χ1n) is 9.04. The maximum absolute atomic E-state index is 12.4. The van der Waals surface area contributed by atoms with E-state index in [1.54, 1.807) is 18.6 Å². The summed E-state index contributed by atoms with van der Waals surface area (Å²) in [6, 6.07) is 9.42. The Morgan fingerprint density at radius 2 is 1.93 bits per heavy atom. The van der Waals surface area contributed by atoms with Gasteiger partial charge in [-0.3, -0.25) is 4.99 Å². The highest BCUT2D eigenvalue weighted by molar-refractivity contribution is 7.90.